The summed E-state index contributed by atoms with van der Waals surface area (Å²) in [6, 6.07) is 5.79. The standard InChI is InChI=1S/C12H15NO4S/c14-12(15)10-3-1-2-4-11(10)18(16,17)9-5-7-13-8-6-9/h1-4,9,13H,5-8H2,(H,14,15). The third kappa shape index (κ3) is 2.39. The predicted octanol–water partition coefficient (Wildman–Crippen LogP) is 0.911. The van der Waals surface area contributed by atoms with E-state index in [-0.39, 0.29) is 10.5 Å². The second-order valence-corrected chi connectivity index (χ2v) is 6.49. The van der Waals surface area contributed by atoms with Crippen LogP contribution in [0.15, 0.2) is 29.2 Å². The largest absolute Gasteiger partial charge is 0.478 e. The molecule has 0 aliphatic carbocycles. The number of hydrogen-bond acceptors (Lipinski definition) is 4. The molecule has 1 saturated heterocycles. The number of nitrogens with one attached hydrogen (secondary N) is 1. The molecule has 0 aromatic heterocycles. The van der Waals surface area contributed by atoms with E-state index in [0.29, 0.717) is 25.9 Å². The van der Waals surface area contributed by atoms with Gasteiger partial charge in [0.15, 0.2) is 9.84 Å². The van der Waals surface area contributed by atoms with Gasteiger partial charge in [-0.25, -0.2) is 13.2 Å². The van der Waals surface area contributed by atoms with Gasteiger partial charge in [-0.05, 0) is 38.1 Å². The summed E-state index contributed by atoms with van der Waals surface area (Å²) in [6.07, 6.45) is 1.05. The molecule has 1 fully saturated rings. The van der Waals surface area contributed by atoms with Crippen LogP contribution < -0.4 is 5.32 Å². The van der Waals surface area contributed by atoms with E-state index < -0.39 is 21.1 Å². The zero-order chi connectivity index (χ0) is 13.2. The van der Waals surface area contributed by atoms with Gasteiger partial charge in [-0.2, -0.15) is 0 Å². The van der Waals surface area contributed by atoms with Crippen molar-refractivity contribution in [3.8, 4) is 0 Å². The van der Waals surface area contributed by atoms with Crippen LogP contribution in [0.2, 0.25) is 0 Å². The first kappa shape index (κ1) is 13.0. The number of rotatable bonds is 3. The van der Waals surface area contributed by atoms with E-state index in [1.807, 2.05) is 0 Å². The zero-order valence-corrected chi connectivity index (χ0v) is 10.6. The highest BCUT2D eigenvalue weighted by molar-refractivity contribution is 7.92. The number of carboxylic acid groups (broad SMARTS) is 1. The van der Waals surface area contributed by atoms with Crippen LogP contribution >= 0.6 is 0 Å². The number of hydrogen-bond donors (Lipinski definition) is 2. The van der Waals surface area contributed by atoms with E-state index in [9.17, 15) is 13.2 Å². The molecular formula is C12H15NO4S. The van der Waals surface area contributed by atoms with Crippen LogP contribution in [-0.2, 0) is 9.84 Å². The van der Waals surface area contributed by atoms with Crippen LogP contribution in [0.4, 0.5) is 0 Å². The van der Waals surface area contributed by atoms with Crippen LogP contribution in [-0.4, -0.2) is 37.8 Å². The highest BCUT2D eigenvalue weighted by Crippen LogP contribution is 2.25. The topological polar surface area (TPSA) is 83.5 Å². The van der Waals surface area contributed by atoms with Gasteiger partial charge < -0.3 is 10.4 Å². The van der Waals surface area contributed by atoms with E-state index in [1.165, 1.54) is 18.2 Å². The Bertz CT molecular complexity index is 547. The number of sulfone groups is 1. The van der Waals surface area contributed by atoms with Gasteiger partial charge >= 0.3 is 5.97 Å². The Morgan fingerprint density at radius 3 is 2.44 bits per heavy atom. The van der Waals surface area contributed by atoms with Crippen LogP contribution in [0.5, 0.6) is 0 Å². The Balaban J connectivity index is 2.43. The molecule has 1 aliphatic heterocycles. The monoisotopic (exact) mass is 269 g/mol. The van der Waals surface area contributed by atoms with Crippen LogP contribution in [0, 0.1) is 0 Å². The Kier molecular flexibility index (Phi) is 3.68. The molecule has 0 unspecified atom stereocenters. The second-order valence-electron chi connectivity index (χ2n) is 4.30. The van der Waals surface area contributed by atoms with Gasteiger partial charge in [0.2, 0.25) is 0 Å². The van der Waals surface area contributed by atoms with E-state index >= 15 is 0 Å². The van der Waals surface area contributed by atoms with Gasteiger partial charge in [-0.3, -0.25) is 0 Å². The summed E-state index contributed by atoms with van der Waals surface area (Å²) in [6.45, 7) is 1.30. The van der Waals surface area contributed by atoms with Crippen molar-refractivity contribution in [2.24, 2.45) is 0 Å². The molecule has 1 aromatic rings. The minimum absolute atomic E-state index is 0.0654. The molecule has 1 aromatic carbocycles. The molecule has 2 N–H and O–H groups in total. The van der Waals surface area contributed by atoms with Crippen LogP contribution in [0.3, 0.4) is 0 Å². The highest BCUT2D eigenvalue weighted by atomic mass is 32.2. The summed E-state index contributed by atoms with van der Waals surface area (Å²) in [7, 11) is -3.56. The number of piperidine rings is 1. The normalized spacial score (nSPS) is 17.6. The van der Waals surface area contributed by atoms with Crippen molar-refractivity contribution in [3.63, 3.8) is 0 Å². The summed E-state index contributed by atoms with van der Waals surface area (Å²) in [5.74, 6) is -1.21. The highest BCUT2D eigenvalue weighted by Gasteiger charge is 2.31. The Morgan fingerprint density at radius 1 is 1.22 bits per heavy atom. The number of carbonyl (C=O) groups is 1. The van der Waals surface area contributed by atoms with E-state index in [4.69, 9.17) is 5.11 Å². The number of aromatic carboxylic acids is 1. The van der Waals surface area contributed by atoms with E-state index in [2.05, 4.69) is 5.32 Å². The third-order valence-electron chi connectivity index (χ3n) is 3.15. The SMILES string of the molecule is O=C(O)c1ccccc1S(=O)(=O)C1CCNCC1. The van der Waals surface area contributed by atoms with Crippen molar-refractivity contribution >= 4 is 15.8 Å². The smallest absolute Gasteiger partial charge is 0.337 e. The van der Waals surface area contributed by atoms with Gasteiger partial charge in [0.05, 0.1) is 15.7 Å². The molecule has 0 spiro atoms. The summed E-state index contributed by atoms with van der Waals surface area (Å²) in [5.41, 5.74) is -0.143. The molecular weight excluding hydrogens is 254 g/mol. The molecule has 18 heavy (non-hydrogen) atoms. The van der Waals surface area contributed by atoms with E-state index in [1.54, 1.807) is 6.07 Å². The summed E-state index contributed by atoms with van der Waals surface area (Å²) >= 11 is 0. The molecule has 0 amide bonds. The first-order valence-corrected chi connectivity index (χ1v) is 7.35. The van der Waals surface area contributed by atoms with Gasteiger partial charge in [-0.15, -0.1) is 0 Å². The molecule has 6 heteroatoms. The molecule has 0 atom stereocenters. The molecule has 5 nitrogen and oxygen atoms in total. The van der Waals surface area contributed by atoms with Crippen LogP contribution in [0.1, 0.15) is 23.2 Å². The molecule has 0 bridgehead atoms. The van der Waals surface area contributed by atoms with Crippen molar-refractivity contribution in [2.75, 3.05) is 13.1 Å². The Hall–Kier alpha value is -1.40. The fourth-order valence-electron chi connectivity index (χ4n) is 2.18. The van der Waals surface area contributed by atoms with Crippen molar-refractivity contribution in [2.45, 2.75) is 23.0 Å². The molecule has 0 saturated carbocycles. The summed E-state index contributed by atoms with van der Waals surface area (Å²) < 4.78 is 24.8. The molecule has 2 rings (SSSR count). The molecule has 98 valence electrons. The first-order chi connectivity index (χ1) is 8.53. The average Bonchev–Trinajstić information content (AvgIpc) is 2.39. The predicted molar refractivity (Wildman–Crippen MR) is 66.5 cm³/mol. The van der Waals surface area contributed by atoms with Gasteiger partial charge in [0.1, 0.15) is 0 Å². The van der Waals surface area contributed by atoms with E-state index in [0.717, 1.165) is 0 Å². The van der Waals surface area contributed by atoms with Crippen molar-refractivity contribution < 1.29 is 18.3 Å². The maximum atomic E-state index is 12.4. The Labute approximate surface area is 106 Å². The van der Waals surface area contributed by atoms with Crippen molar-refractivity contribution in [3.05, 3.63) is 29.8 Å². The van der Waals surface area contributed by atoms with Crippen molar-refractivity contribution in [1.82, 2.24) is 5.32 Å². The first-order valence-electron chi connectivity index (χ1n) is 5.80. The Morgan fingerprint density at radius 2 is 1.83 bits per heavy atom. The lowest BCUT2D eigenvalue weighted by Crippen LogP contribution is -2.36. The fraction of sp³-hybridized carbons (Fsp3) is 0.417. The number of carboxylic acids is 1. The maximum Gasteiger partial charge on any atom is 0.337 e. The number of benzene rings is 1. The lowest BCUT2D eigenvalue weighted by Gasteiger charge is -2.23. The minimum atomic E-state index is -3.56. The summed E-state index contributed by atoms with van der Waals surface area (Å²) in [5, 5.41) is 11.7. The maximum absolute atomic E-state index is 12.4. The second kappa shape index (κ2) is 5.07. The lowest BCUT2D eigenvalue weighted by molar-refractivity contribution is 0.0692. The minimum Gasteiger partial charge on any atom is -0.478 e. The molecule has 0 radical (unpaired) electrons. The fourth-order valence-corrected chi connectivity index (χ4v) is 4.12. The molecule has 1 heterocycles. The van der Waals surface area contributed by atoms with Gasteiger partial charge in [0, 0.05) is 0 Å². The zero-order valence-electron chi connectivity index (χ0n) is 9.80. The van der Waals surface area contributed by atoms with Gasteiger partial charge in [0.25, 0.3) is 0 Å². The van der Waals surface area contributed by atoms with Crippen molar-refractivity contribution in [1.29, 1.82) is 0 Å². The average molecular weight is 269 g/mol. The van der Waals surface area contributed by atoms with Gasteiger partial charge in [-0.1, -0.05) is 12.1 Å². The summed E-state index contributed by atoms with van der Waals surface area (Å²) in [4.78, 5) is 11.0. The van der Waals surface area contributed by atoms with Crippen LogP contribution in [0.25, 0.3) is 0 Å². The third-order valence-corrected chi connectivity index (χ3v) is 5.47. The lowest BCUT2D eigenvalue weighted by atomic mass is 10.2. The quantitative estimate of drug-likeness (QED) is 0.852. The molecule has 1 aliphatic rings.